The van der Waals surface area contributed by atoms with Crippen molar-refractivity contribution in [1.29, 1.82) is 0 Å². The van der Waals surface area contributed by atoms with Gasteiger partial charge in [0.1, 0.15) is 23.7 Å². The van der Waals surface area contributed by atoms with E-state index < -0.39 is 6.09 Å². The maximum absolute atomic E-state index is 10.6. The summed E-state index contributed by atoms with van der Waals surface area (Å²) < 4.78 is 6.18. The summed E-state index contributed by atoms with van der Waals surface area (Å²) in [6.07, 6.45) is 0.420. The van der Waals surface area contributed by atoms with Crippen LogP contribution in [0.3, 0.4) is 0 Å². The highest BCUT2D eigenvalue weighted by molar-refractivity contribution is 5.65. The number of aromatic nitrogens is 4. The molecule has 0 aromatic carbocycles. The molecular formula is C10H11N5O3. The maximum atomic E-state index is 10.6. The molecule has 0 atom stereocenters. The zero-order valence-corrected chi connectivity index (χ0v) is 9.57. The minimum atomic E-state index is -0.874. The number of aromatic hydroxyl groups is 1. The Morgan fingerprint density at radius 3 is 2.94 bits per heavy atom. The number of nitrogens with two attached hydrogens (primary N) is 1. The second-order valence-electron chi connectivity index (χ2n) is 3.52. The van der Waals surface area contributed by atoms with E-state index in [0.717, 1.165) is 0 Å². The van der Waals surface area contributed by atoms with E-state index in [1.807, 2.05) is 0 Å². The van der Waals surface area contributed by atoms with Gasteiger partial charge in [0, 0.05) is 7.05 Å². The van der Waals surface area contributed by atoms with E-state index in [0.29, 0.717) is 17.1 Å². The van der Waals surface area contributed by atoms with Gasteiger partial charge < -0.3 is 15.6 Å². The molecule has 0 aliphatic heterocycles. The van der Waals surface area contributed by atoms with Crippen molar-refractivity contribution in [2.75, 3.05) is 0 Å². The smallest absolute Gasteiger partial charge is 0.404 e. The van der Waals surface area contributed by atoms with Gasteiger partial charge in [-0.2, -0.15) is 0 Å². The summed E-state index contributed by atoms with van der Waals surface area (Å²) in [6, 6.07) is 3.07. The highest BCUT2D eigenvalue weighted by Gasteiger charge is 2.15. The number of carbonyl (C=O) groups excluding carboxylic acids is 1. The van der Waals surface area contributed by atoms with Crippen LogP contribution < -0.4 is 5.73 Å². The Hall–Kier alpha value is -2.64. The minimum Gasteiger partial charge on any atom is -0.506 e. The van der Waals surface area contributed by atoms with Crippen molar-refractivity contribution in [1.82, 2.24) is 20.0 Å². The summed E-state index contributed by atoms with van der Waals surface area (Å²) in [7, 11) is 1.66. The number of aryl methyl sites for hydroxylation is 1. The maximum Gasteiger partial charge on any atom is 0.404 e. The van der Waals surface area contributed by atoms with E-state index in [1.165, 1.54) is 16.9 Å². The predicted octanol–water partition coefficient (Wildman–Crippen LogP) is 0.178. The van der Waals surface area contributed by atoms with E-state index in [2.05, 4.69) is 15.3 Å². The normalized spacial score (nSPS) is 10.3. The average molecular weight is 249 g/mol. The van der Waals surface area contributed by atoms with Crippen LogP contribution >= 0.6 is 0 Å². The lowest BCUT2D eigenvalue weighted by Crippen LogP contribution is -2.14. The van der Waals surface area contributed by atoms with Crippen LogP contribution in [0.25, 0.3) is 11.4 Å². The van der Waals surface area contributed by atoms with Crippen LogP contribution in [0.4, 0.5) is 4.79 Å². The fourth-order valence-corrected chi connectivity index (χ4v) is 1.40. The van der Waals surface area contributed by atoms with Crippen LogP contribution in [0.2, 0.25) is 0 Å². The van der Waals surface area contributed by atoms with Gasteiger partial charge in [-0.25, -0.2) is 9.48 Å². The first-order chi connectivity index (χ1) is 8.58. The molecule has 0 unspecified atom stereocenters. The van der Waals surface area contributed by atoms with Gasteiger partial charge in [0.05, 0.1) is 11.9 Å². The van der Waals surface area contributed by atoms with Gasteiger partial charge in [-0.05, 0) is 12.1 Å². The van der Waals surface area contributed by atoms with Gasteiger partial charge in [-0.15, -0.1) is 5.10 Å². The quantitative estimate of drug-likeness (QED) is 0.801. The molecule has 8 heteroatoms. The minimum absolute atomic E-state index is 0.0449. The summed E-state index contributed by atoms with van der Waals surface area (Å²) in [5.41, 5.74) is 6.46. The summed E-state index contributed by atoms with van der Waals surface area (Å²) in [6.45, 7) is -0.0449. The molecule has 18 heavy (non-hydrogen) atoms. The SMILES string of the molecule is Cn1nnc(-c2ccc(O)cn2)c1COC(N)=O. The van der Waals surface area contributed by atoms with Gasteiger partial charge in [0.15, 0.2) is 0 Å². The second kappa shape index (κ2) is 4.70. The fraction of sp³-hybridized carbons (Fsp3) is 0.200. The zero-order chi connectivity index (χ0) is 13.1. The van der Waals surface area contributed by atoms with Crippen molar-refractivity contribution in [3.63, 3.8) is 0 Å². The zero-order valence-electron chi connectivity index (χ0n) is 9.57. The Kier molecular flexibility index (Phi) is 3.09. The Labute approximate surface area is 102 Å². The Morgan fingerprint density at radius 2 is 2.33 bits per heavy atom. The number of amides is 1. The summed E-state index contributed by atoms with van der Waals surface area (Å²) in [5, 5.41) is 16.9. The number of primary amides is 1. The number of pyridine rings is 1. The lowest BCUT2D eigenvalue weighted by atomic mass is 10.2. The van der Waals surface area contributed by atoms with E-state index >= 15 is 0 Å². The van der Waals surface area contributed by atoms with Crippen molar-refractivity contribution in [2.45, 2.75) is 6.61 Å². The van der Waals surface area contributed by atoms with Crippen LogP contribution in [-0.4, -0.2) is 31.2 Å². The molecule has 2 aromatic rings. The predicted molar refractivity (Wildman–Crippen MR) is 60.3 cm³/mol. The standard InChI is InChI=1S/C10H11N5O3/c1-15-8(5-18-10(11)17)9(13-14-15)7-3-2-6(16)4-12-7/h2-4,16H,5H2,1H3,(H2,11,17). The molecule has 0 saturated carbocycles. The molecule has 0 aliphatic rings. The van der Waals surface area contributed by atoms with E-state index in [9.17, 15) is 4.79 Å². The van der Waals surface area contributed by atoms with E-state index in [4.69, 9.17) is 15.6 Å². The van der Waals surface area contributed by atoms with Crippen LogP contribution in [0.5, 0.6) is 5.75 Å². The summed E-state index contributed by atoms with van der Waals surface area (Å²) in [4.78, 5) is 14.6. The highest BCUT2D eigenvalue weighted by Crippen LogP contribution is 2.20. The third-order valence-electron chi connectivity index (χ3n) is 2.28. The molecule has 1 amide bonds. The Bertz CT molecular complexity index is 563. The highest BCUT2D eigenvalue weighted by atomic mass is 16.5. The van der Waals surface area contributed by atoms with Crippen LogP contribution in [0.1, 0.15) is 5.69 Å². The number of rotatable bonds is 3. The van der Waals surface area contributed by atoms with Crippen molar-refractivity contribution in [2.24, 2.45) is 12.8 Å². The molecule has 8 nitrogen and oxygen atoms in total. The first-order valence-corrected chi connectivity index (χ1v) is 5.04. The number of hydrogen-bond donors (Lipinski definition) is 2. The van der Waals surface area contributed by atoms with Gasteiger partial charge in [-0.1, -0.05) is 5.21 Å². The lowest BCUT2D eigenvalue weighted by Gasteiger charge is -2.04. The van der Waals surface area contributed by atoms with Gasteiger partial charge in [0.25, 0.3) is 0 Å². The van der Waals surface area contributed by atoms with Gasteiger partial charge in [-0.3, -0.25) is 4.98 Å². The number of nitrogens with zero attached hydrogens (tertiary/aromatic N) is 4. The monoisotopic (exact) mass is 249 g/mol. The molecule has 0 radical (unpaired) electrons. The molecule has 0 fully saturated rings. The Balaban J connectivity index is 2.33. The molecule has 2 rings (SSSR count). The van der Waals surface area contributed by atoms with Gasteiger partial charge >= 0.3 is 6.09 Å². The molecule has 2 heterocycles. The summed E-state index contributed by atoms with van der Waals surface area (Å²) in [5.74, 6) is 0.0533. The number of ether oxygens (including phenoxy) is 1. The first kappa shape index (κ1) is 11.8. The third-order valence-corrected chi connectivity index (χ3v) is 2.28. The molecule has 3 N–H and O–H groups in total. The number of carbonyl (C=O) groups is 1. The molecule has 0 spiro atoms. The first-order valence-electron chi connectivity index (χ1n) is 5.04. The van der Waals surface area contributed by atoms with Crippen LogP contribution in [-0.2, 0) is 18.4 Å². The van der Waals surface area contributed by atoms with Crippen molar-refractivity contribution >= 4 is 6.09 Å². The molecular weight excluding hydrogens is 238 g/mol. The molecule has 0 bridgehead atoms. The molecule has 0 aliphatic carbocycles. The van der Waals surface area contributed by atoms with Crippen LogP contribution in [0.15, 0.2) is 18.3 Å². The van der Waals surface area contributed by atoms with Gasteiger partial charge in [0.2, 0.25) is 0 Å². The van der Waals surface area contributed by atoms with Crippen LogP contribution in [0, 0.1) is 0 Å². The third kappa shape index (κ3) is 2.37. The van der Waals surface area contributed by atoms with Crippen molar-refractivity contribution in [3.8, 4) is 17.1 Å². The second-order valence-corrected chi connectivity index (χ2v) is 3.52. The lowest BCUT2D eigenvalue weighted by molar-refractivity contribution is 0.147. The Morgan fingerprint density at radius 1 is 1.56 bits per heavy atom. The molecule has 2 aromatic heterocycles. The number of hydrogen-bond acceptors (Lipinski definition) is 6. The topological polar surface area (TPSA) is 116 Å². The van der Waals surface area contributed by atoms with Crippen molar-refractivity contribution in [3.05, 3.63) is 24.0 Å². The average Bonchev–Trinajstić information content (AvgIpc) is 2.69. The van der Waals surface area contributed by atoms with Crippen molar-refractivity contribution < 1.29 is 14.6 Å². The summed E-state index contributed by atoms with van der Waals surface area (Å²) >= 11 is 0. The molecule has 0 saturated heterocycles. The van der Waals surface area contributed by atoms with E-state index in [-0.39, 0.29) is 12.4 Å². The largest absolute Gasteiger partial charge is 0.506 e. The fourth-order valence-electron chi connectivity index (χ4n) is 1.40. The molecule has 94 valence electrons. The van der Waals surface area contributed by atoms with E-state index in [1.54, 1.807) is 13.1 Å².